The van der Waals surface area contributed by atoms with Crippen LogP contribution in [0.3, 0.4) is 0 Å². The minimum absolute atomic E-state index is 0.188. The van der Waals surface area contributed by atoms with E-state index < -0.39 is 9.84 Å². The van der Waals surface area contributed by atoms with Gasteiger partial charge in [-0.05, 0) is 36.6 Å². The highest BCUT2D eigenvalue weighted by Crippen LogP contribution is 2.15. The van der Waals surface area contributed by atoms with Crippen LogP contribution in [0.15, 0.2) is 58.2 Å². The summed E-state index contributed by atoms with van der Waals surface area (Å²) in [7, 11) is -3.56. The quantitative estimate of drug-likeness (QED) is 0.642. The molecule has 0 spiro atoms. The fraction of sp³-hybridized carbons (Fsp3) is 0.0714. The predicted molar refractivity (Wildman–Crippen MR) is 76.2 cm³/mol. The van der Waals surface area contributed by atoms with Gasteiger partial charge in [0.2, 0.25) is 0 Å². The van der Waals surface area contributed by atoms with Crippen LogP contribution in [0.4, 0.5) is 0 Å². The molecule has 0 fully saturated rings. The molecule has 0 saturated heterocycles. The topological polar surface area (TPSA) is 51.2 Å². The van der Waals surface area contributed by atoms with Gasteiger partial charge in [0.05, 0.1) is 9.77 Å². The lowest BCUT2D eigenvalue weighted by atomic mass is 10.2. The van der Waals surface area contributed by atoms with E-state index in [2.05, 4.69) is 0 Å². The van der Waals surface area contributed by atoms with Gasteiger partial charge in [-0.1, -0.05) is 23.8 Å². The normalized spacial score (nSPS) is 11.8. The minimum atomic E-state index is -3.56. The van der Waals surface area contributed by atoms with E-state index in [1.807, 2.05) is 6.92 Å². The van der Waals surface area contributed by atoms with Crippen molar-refractivity contribution in [3.8, 4) is 0 Å². The lowest BCUT2D eigenvalue weighted by Gasteiger charge is -1.99. The molecule has 0 bridgehead atoms. The molecular weight excluding hydrogens is 280 g/mol. The molecule has 5 heteroatoms. The second kappa shape index (κ2) is 5.50. The molecule has 1 aromatic carbocycles. The van der Waals surface area contributed by atoms with Gasteiger partial charge in [-0.2, -0.15) is 0 Å². The summed E-state index contributed by atoms with van der Waals surface area (Å²) in [6.07, 6.45) is 1.10. The first-order chi connectivity index (χ1) is 8.99. The Balaban J connectivity index is 2.22. The van der Waals surface area contributed by atoms with Gasteiger partial charge in [0.15, 0.2) is 15.6 Å². The van der Waals surface area contributed by atoms with E-state index in [-0.39, 0.29) is 10.7 Å². The molecule has 98 valence electrons. The Bertz CT molecular complexity index is 694. The average molecular weight is 292 g/mol. The Morgan fingerprint density at radius 1 is 1.16 bits per heavy atom. The van der Waals surface area contributed by atoms with Crippen molar-refractivity contribution in [2.75, 3.05) is 0 Å². The molecule has 0 atom stereocenters. The number of carbonyl (C=O) groups excluding carboxylic acids is 1. The molecular formula is C14H12O3S2. The van der Waals surface area contributed by atoms with Crippen LogP contribution in [-0.2, 0) is 9.84 Å². The third kappa shape index (κ3) is 3.39. The zero-order chi connectivity index (χ0) is 13.9. The second-order valence-electron chi connectivity index (χ2n) is 4.00. The van der Waals surface area contributed by atoms with Crippen molar-refractivity contribution in [3.05, 3.63) is 63.7 Å². The molecule has 2 rings (SSSR count). The third-order valence-electron chi connectivity index (χ3n) is 2.51. The number of hydrogen-bond acceptors (Lipinski definition) is 4. The fourth-order valence-electron chi connectivity index (χ4n) is 1.46. The van der Waals surface area contributed by atoms with Crippen LogP contribution in [0.1, 0.15) is 15.2 Å². The highest BCUT2D eigenvalue weighted by molar-refractivity contribution is 7.94. The number of sulfone groups is 1. The van der Waals surface area contributed by atoms with Crippen LogP contribution in [0.5, 0.6) is 0 Å². The maximum Gasteiger partial charge on any atom is 0.199 e. The van der Waals surface area contributed by atoms with Crippen molar-refractivity contribution in [1.29, 1.82) is 0 Å². The summed E-state index contributed by atoms with van der Waals surface area (Å²) in [6, 6.07) is 9.93. The summed E-state index contributed by atoms with van der Waals surface area (Å²) >= 11 is 1.28. The third-order valence-corrected chi connectivity index (χ3v) is 4.82. The van der Waals surface area contributed by atoms with Crippen molar-refractivity contribution in [2.45, 2.75) is 11.8 Å². The lowest BCUT2D eigenvalue weighted by molar-refractivity contribution is 0.105. The average Bonchev–Trinajstić information content (AvgIpc) is 2.90. The van der Waals surface area contributed by atoms with Crippen molar-refractivity contribution in [2.24, 2.45) is 0 Å². The highest BCUT2D eigenvalue weighted by Gasteiger charge is 2.11. The number of rotatable bonds is 4. The fourth-order valence-corrected chi connectivity index (χ4v) is 3.08. The first-order valence-electron chi connectivity index (χ1n) is 5.57. The summed E-state index contributed by atoms with van der Waals surface area (Å²) in [5.74, 6) is -0.300. The summed E-state index contributed by atoms with van der Waals surface area (Å²) in [4.78, 5) is 12.4. The molecule has 1 aromatic heterocycles. The van der Waals surface area contributed by atoms with Gasteiger partial charge in [0.1, 0.15) is 0 Å². The lowest BCUT2D eigenvalue weighted by Crippen LogP contribution is -1.98. The zero-order valence-corrected chi connectivity index (χ0v) is 11.9. The van der Waals surface area contributed by atoms with Crippen molar-refractivity contribution < 1.29 is 13.2 Å². The van der Waals surface area contributed by atoms with Crippen molar-refractivity contribution in [1.82, 2.24) is 0 Å². The number of carbonyl (C=O) groups is 1. The van der Waals surface area contributed by atoms with Crippen LogP contribution in [0.25, 0.3) is 0 Å². The Morgan fingerprint density at radius 3 is 2.42 bits per heavy atom. The van der Waals surface area contributed by atoms with E-state index in [1.165, 1.54) is 23.5 Å². The second-order valence-corrected chi connectivity index (χ2v) is 6.78. The molecule has 0 amide bonds. The monoisotopic (exact) mass is 292 g/mol. The molecule has 3 nitrogen and oxygen atoms in total. The number of aryl methyl sites for hydroxylation is 1. The highest BCUT2D eigenvalue weighted by atomic mass is 32.2. The van der Waals surface area contributed by atoms with Crippen molar-refractivity contribution in [3.63, 3.8) is 0 Å². The van der Waals surface area contributed by atoms with Crippen LogP contribution < -0.4 is 0 Å². The van der Waals surface area contributed by atoms with E-state index in [9.17, 15) is 13.2 Å². The number of allylic oxidation sites excluding steroid dienone is 1. The smallest absolute Gasteiger partial charge is 0.199 e. The largest absolute Gasteiger partial charge is 0.288 e. The van der Waals surface area contributed by atoms with Crippen molar-refractivity contribution >= 4 is 27.0 Å². The Kier molecular flexibility index (Phi) is 3.97. The number of ketones is 1. The molecule has 0 unspecified atom stereocenters. The van der Waals surface area contributed by atoms with Gasteiger partial charge < -0.3 is 0 Å². The Hall–Kier alpha value is -1.72. The van der Waals surface area contributed by atoms with Gasteiger partial charge >= 0.3 is 0 Å². The molecule has 0 aliphatic rings. The van der Waals surface area contributed by atoms with Crippen LogP contribution in [-0.4, -0.2) is 14.2 Å². The van der Waals surface area contributed by atoms with E-state index in [1.54, 1.807) is 29.6 Å². The van der Waals surface area contributed by atoms with E-state index >= 15 is 0 Å². The first kappa shape index (κ1) is 13.7. The standard InChI is InChI=1S/C14H12O3S2/c1-11-4-6-12(7-5-11)19(16,17)10-8-13(15)14-3-2-9-18-14/h2-10H,1H3/b10-8+. The molecule has 0 radical (unpaired) electrons. The maximum absolute atomic E-state index is 12.0. The van der Waals surface area contributed by atoms with Crippen LogP contribution >= 0.6 is 11.3 Å². The molecule has 1 heterocycles. The SMILES string of the molecule is Cc1ccc(S(=O)(=O)/C=C/C(=O)c2cccs2)cc1. The van der Waals surface area contributed by atoms with Gasteiger partial charge in [-0.25, -0.2) is 8.42 Å². The van der Waals surface area contributed by atoms with E-state index in [4.69, 9.17) is 0 Å². The Labute approximate surface area is 116 Å². The Morgan fingerprint density at radius 2 is 1.84 bits per heavy atom. The zero-order valence-electron chi connectivity index (χ0n) is 10.2. The van der Waals surface area contributed by atoms with Gasteiger partial charge in [0.25, 0.3) is 0 Å². The number of thiophene rings is 1. The van der Waals surface area contributed by atoms with Crippen LogP contribution in [0, 0.1) is 6.92 Å². The van der Waals surface area contributed by atoms with Gasteiger partial charge in [0, 0.05) is 5.41 Å². The predicted octanol–water partition coefficient (Wildman–Crippen LogP) is 3.23. The number of benzene rings is 1. The molecule has 0 aliphatic heterocycles. The minimum Gasteiger partial charge on any atom is -0.288 e. The number of hydrogen-bond donors (Lipinski definition) is 0. The molecule has 0 N–H and O–H groups in total. The van der Waals surface area contributed by atoms with Crippen LogP contribution in [0.2, 0.25) is 0 Å². The van der Waals surface area contributed by atoms with E-state index in [0.717, 1.165) is 17.0 Å². The summed E-state index contributed by atoms with van der Waals surface area (Å²) in [5, 5.41) is 2.73. The molecule has 2 aromatic rings. The summed E-state index contributed by atoms with van der Waals surface area (Å²) < 4.78 is 24.0. The first-order valence-corrected chi connectivity index (χ1v) is 7.99. The van der Waals surface area contributed by atoms with Gasteiger partial charge in [-0.15, -0.1) is 11.3 Å². The summed E-state index contributed by atoms with van der Waals surface area (Å²) in [6.45, 7) is 1.88. The van der Waals surface area contributed by atoms with Gasteiger partial charge in [-0.3, -0.25) is 4.79 Å². The summed E-state index contributed by atoms with van der Waals surface area (Å²) in [5.41, 5.74) is 0.984. The molecule has 19 heavy (non-hydrogen) atoms. The molecule has 0 saturated carbocycles. The van der Waals surface area contributed by atoms with E-state index in [0.29, 0.717) is 4.88 Å². The molecule has 0 aliphatic carbocycles. The maximum atomic E-state index is 12.0.